The fourth-order valence-corrected chi connectivity index (χ4v) is 4.68. The van der Waals surface area contributed by atoms with E-state index in [9.17, 15) is 19.8 Å². The zero-order chi connectivity index (χ0) is 36.9. The van der Waals surface area contributed by atoms with Gasteiger partial charge in [-0.25, -0.2) is 9.59 Å². The maximum atomic E-state index is 10.2. The van der Waals surface area contributed by atoms with Crippen molar-refractivity contribution >= 4 is 69.7 Å². The Bertz CT molecular complexity index is 687. The van der Waals surface area contributed by atoms with Gasteiger partial charge in [-0.15, -0.1) is 0 Å². The maximum Gasteiger partial charge on any atom is 2.00 e. The van der Waals surface area contributed by atoms with Crippen LogP contribution in [0, 0.1) is 0 Å². The van der Waals surface area contributed by atoms with Crippen molar-refractivity contribution in [2.75, 3.05) is 0 Å². The van der Waals surface area contributed by atoms with E-state index in [2.05, 4.69) is 38.2 Å². The molecule has 0 aliphatic carbocycles. The predicted molar refractivity (Wildman–Crippen MR) is 196 cm³/mol. The molecule has 0 aliphatic rings. The molecule has 0 amide bonds. The maximum absolute atomic E-state index is 10.2. The van der Waals surface area contributed by atoms with Gasteiger partial charge in [-0.2, -0.15) is 0 Å². The summed E-state index contributed by atoms with van der Waals surface area (Å²) < 4.78 is 0. The van der Waals surface area contributed by atoms with Gasteiger partial charge >= 0.3 is 57.8 Å². The van der Waals surface area contributed by atoms with Gasteiger partial charge in [0.1, 0.15) is 0 Å². The van der Waals surface area contributed by atoms with Crippen molar-refractivity contribution in [3.05, 3.63) is 24.3 Å². The molecule has 0 aromatic heterocycles. The van der Waals surface area contributed by atoms with Crippen molar-refractivity contribution in [2.24, 2.45) is 0 Å². The summed E-state index contributed by atoms with van der Waals surface area (Å²) in [6, 6.07) is 0. The van der Waals surface area contributed by atoms with E-state index in [1.165, 1.54) is 128 Å². The quantitative estimate of drug-likeness (QED) is 0.0310. The molecule has 0 radical (unpaired) electrons. The molecule has 0 heterocycles. The molecular formula is C38H70O10Sr. The zero-order valence-corrected chi connectivity index (χ0v) is 34.5. The molecule has 4 N–H and O–H groups in total. The minimum atomic E-state index is -1.83. The van der Waals surface area contributed by atoms with Crippen LogP contribution in [0.5, 0.6) is 0 Å². The standard InChI is InChI=1S/2C18H34O2.2CH2O3.Sr/c2*1-2-3-4-5-6-7-8-9-10-11-12-13-14-15-16-17-18(19)20;2*2-1(3)4;/h2*9-10H,2-8,11-17H2,1H3,(H,19,20);2*(H2,2,3,4);/q;;;;+2/p-2/b2*10-9-;;;. The van der Waals surface area contributed by atoms with Gasteiger partial charge in [0.05, 0.1) is 0 Å². The first-order valence-corrected chi connectivity index (χ1v) is 18.5. The topological polar surface area (TPSA) is 195 Å². The molecule has 0 unspecified atom stereocenters. The predicted octanol–water partition coefficient (Wildman–Crippen LogP) is 9.61. The van der Waals surface area contributed by atoms with Gasteiger partial charge in [-0.3, -0.25) is 0 Å². The first-order chi connectivity index (χ1) is 23.0. The summed E-state index contributed by atoms with van der Waals surface area (Å²) in [5, 5.41) is 48.3. The molecule has 0 aliphatic heterocycles. The molecule has 0 fully saturated rings. The summed E-state index contributed by atoms with van der Waals surface area (Å²) in [6.07, 6.45) is 38.1. The van der Waals surface area contributed by atoms with Crippen molar-refractivity contribution in [1.82, 2.24) is 0 Å². The average molecular weight is 775 g/mol. The number of carbonyl (C=O) groups excluding carboxylic acids is 2. The first kappa shape index (κ1) is 56.8. The van der Waals surface area contributed by atoms with E-state index in [0.29, 0.717) is 0 Å². The third kappa shape index (κ3) is 87.2. The van der Waals surface area contributed by atoms with Crippen LogP contribution >= 0.6 is 0 Å². The number of carboxylic acids is 2. The van der Waals surface area contributed by atoms with Crippen LogP contribution in [0.15, 0.2) is 24.3 Å². The van der Waals surface area contributed by atoms with Crippen LogP contribution in [-0.4, -0.2) is 90.2 Å². The summed E-state index contributed by atoms with van der Waals surface area (Å²) in [6.45, 7) is 4.51. The molecule has 10 nitrogen and oxygen atoms in total. The van der Waals surface area contributed by atoms with Gasteiger partial charge in [0.15, 0.2) is 0 Å². The Labute approximate surface area is 335 Å². The van der Waals surface area contributed by atoms with Crippen molar-refractivity contribution in [2.45, 2.75) is 194 Å². The summed E-state index contributed by atoms with van der Waals surface area (Å²) in [5.74, 6) is -1.83. The summed E-state index contributed by atoms with van der Waals surface area (Å²) in [7, 11) is 0. The Hall–Kier alpha value is -1.56. The average Bonchev–Trinajstić information content (AvgIpc) is 3.00. The number of carboxylic acid groups (broad SMARTS) is 6. The molecule has 0 atom stereocenters. The summed E-state index contributed by atoms with van der Waals surface area (Å²) >= 11 is 0. The largest absolute Gasteiger partial charge is 2.00 e. The SMILES string of the molecule is CCCCCCCC/C=C\CCCCCCCC(=O)[O-].CCCCCCCC/C=C\CCCCCCCC(=O)[O-].O=C(O)O.O=C(O)O.[Sr+2]. The Balaban J connectivity index is -0.000000212. The minimum Gasteiger partial charge on any atom is -0.550 e. The second-order valence-electron chi connectivity index (χ2n) is 12.0. The van der Waals surface area contributed by atoms with Crippen LogP contribution in [0.3, 0.4) is 0 Å². The van der Waals surface area contributed by atoms with Gasteiger partial charge in [-0.1, -0.05) is 141 Å². The molecule has 0 rings (SSSR count). The molecule has 0 saturated heterocycles. The molecule has 0 spiro atoms. The van der Waals surface area contributed by atoms with E-state index in [4.69, 9.17) is 30.0 Å². The molecule has 0 aromatic rings. The summed E-state index contributed by atoms with van der Waals surface area (Å²) in [4.78, 5) is 37.5. The van der Waals surface area contributed by atoms with Crippen molar-refractivity contribution < 1.29 is 49.8 Å². The van der Waals surface area contributed by atoms with E-state index in [-0.39, 0.29) is 58.3 Å². The van der Waals surface area contributed by atoms with Crippen LogP contribution in [0.1, 0.15) is 194 Å². The number of allylic oxidation sites excluding steroid dienone is 4. The molecule has 284 valence electrons. The Kier molecular flexibility index (Phi) is 61.7. The zero-order valence-electron chi connectivity index (χ0n) is 31.1. The van der Waals surface area contributed by atoms with Crippen LogP contribution in [0.2, 0.25) is 0 Å². The van der Waals surface area contributed by atoms with E-state index in [1.54, 1.807) is 0 Å². The monoisotopic (exact) mass is 774 g/mol. The van der Waals surface area contributed by atoms with Crippen molar-refractivity contribution in [1.29, 1.82) is 0 Å². The van der Waals surface area contributed by atoms with Crippen LogP contribution in [0.4, 0.5) is 9.59 Å². The number of unbranched alkanes of at least 4 members (excludes halogenated alkanes) is 22. The second-order valence-corrected chi connectivity index (χ2v) is 12.0. The first-order valence-electron chi connectivity index (χ1n) is 18.5. The van der Waals surface area contributed by atoms with E-state index < -0.39 is 24.2 Å². The van der Waals surface area contributed by atoms with Crippen molar-refractivity contribution in [3.63, 3.8) is 0 Å². The smallest absolute Gasteiger partial charge is 0.550 e. The number of aliphatic carboxylic acids is 2. The Morgan fingerprint density at radius 2 is 0.571 bits per heavy atom. The summed E-state index contributed by atoms with van der Waals surface area (Å²) in [5.41, 5.74) is 0. The van der Waals surface area contributed by atoms with E-state index >= 15 is 0 Å². The Morgan fingerprint density at radius 3 is 0.776 bits per heavy atom. The molecule has 49 heavy (non-hydrogen) atoms. The number of hydrogen-bond acceptors (Lipinski definition) is 6. The van der Waals surface area contributed by atoms with Gasteiger partial charge < -0.3 is 40.2 Å². The number of carbonyl (C=O) groups is 4. The Morgan fingerprint density at radius 1 is 0.388 bits per heavy atom. The number of hydrogen-bond donors (Lipinski definition) is 4. The third-order valence-electron chi connectivity index (χ3n) is 7.29. The molecule has 0 saturated carbocycles. The normalized spacial score (nSPS) is 10.2. The van der Waals surface area contributed by atoms with E-state index in [1.807, 2.05) is 0 Å². The van der Waals surface area contributed by atoms with Gasteiger partial charge in [-0.05, 0) is 77.0 Å². The third-order valence-corrected chi connectivity index (χ3v) is 7.29. The second kappa shape index (κ2) is 53.2. The number of rotatable bonds is 30. The molecule has 0 aromatic carbocycles. The van der Waals surface area contributed by atoms with Crippen LogP contribution in [-0.2, 0) is 9.59 Å². The molecule has 0 bridgehead atoms. The van der Waals surface area contributed by atoms with Crippen molar-refractivity contribution in [3.8, 4) is 0 Å². The van der Waals surface area contributed by atoms with Gasteiger partial charge in [0.25, 0.3) is 0 Å². The van der Waals surface area contributed by atoms with E-state index in [0.717, 1.165) is 38.5 Å². The fourth-order valence-electron chi connectivity index (χ4n) is 4.68. The molecular weight excluding hydrogens is 704 g/mol. The minimum absolute atomic E-state index is 0. The van der Waals surface area contributed by atoms with Crippen LogP contribution in [0.25, 0.3) is 0 Å². The van der Waals surface area contributed by atoms with Gasteiger partial charge in [0.2, 0.25) is 0 Å². The molecule has 11 heteroatoms. The fraction of sp³-hybridized carbons (Fsp3) is 0.789. The van der Waals surface area contributed by atoms with Gasteiger partial charge in [0, 0.05) is 11.9 Å². The van der Waals surface area contributed by atoms with Crippen LogP contribution < -0.4 is 10.2 Å².